The largest absolute Gasteiger partial charge is 0.486 e. The fourth-order valence-electron chi connectivity index (χ4n) is 2.47. The molecule has 9 heteroatoms. The van der Waals surface area contributed by atoms with Gasteiger partial charge in [-0.3, -0.25) is 20.4 Å². The summed E-state index contributed by atoms with van der Waals surface area (Å²) in [6, 6.07) is 8.99. The molecule has 1 heterocycles. The van der Waals surface area contributed by atoms with E-state index in [1.807, 2.05) is 0 Å². The lowest BCUT2D eigenvalue weighted by Crippen LogP contribution is -2.42. The number of rotatable bonds is 3. The molecule has 0 spiro atoms. The topological polar surface area (TPSA) is 76.7 Å². The number of alkyl halides is 3. The zero-order valence-electron chi connectivity index (χ0n) is 13.9. The Labute approximate surface area is 152 Å². The summed E-state index contributed by atoms with van der Waals surface area (Å²) in [5.74, 6) is -0.305. The molecule has 142 valence electrons. The van der Waals surface area contributed by atoms with Crippen molar-refractivity contribution in [2.24, 2.45) is 0 Å². The molecule has 2 aromatic carbocycles. The summed E-state index contributed by atoms with van der Waals surface area (Å²) in [4.78, 5) is 24.0. The molecule has 0 saturated heterocycles. The average molecular weight is 380 g/mol. The lowest BCUT2D eigenvalue weighted by atomic mass is 10.1. The van der Waals surface area contributed by atoms with Gasteiger partial charge in [-0.2, -0.15) is 13.2 Å². The summed E-state index contributed by atoms with van der Waals surface area (Å²) >= 11 is 0. The van der Waals surface area contributed by atoms with E-state index in [4.69, 9.17) is 9.47 Å². The standard InChI is InChI=1S/C18H15F3N2O4/c19-18(20,21)13-3-1-2-11(8-13)9-16(24)22-23-17(25)12-4-5-14-15(10-12)27-7-6-26-14/h1-5,8,10H,6-7,9H2,(H,22,24)(H,23,25). The molecule has 2 aromatic rings. The molecule has 0 aliphatic carbocycles. The summed E-state index contributed by atoms with van der Waals surface area (Å²) in [6.45, 7) is 0.788. The monoisotopic (exact) mass is 380 g/mol. The lowest BCUT2D eigenvalue weighted by Gasteiger charge is -2.18. The first-order chi connectivity index (χ1) is 12.8. The number of halogens is 3. The number of hydrogen-bond acceptors (Lipinski definition) is 4. The first kappa shape index (κ1) is 18.6. The Morgan fingerprint density at radius 1 is 0.963 bits per heavy atom. The predicted molar refractivity (Wildman–Crippen MR) is 88.2 cm³/mol. The van der Waals surface area contributed by atoms with Crippen LogP contribution in [0.15, 0.2) is 42.5 Å². The first-order valence-corrected chi connectivity index (χ1v) is 7.98. The highest BCUT2D eigenvalue weighted by atomic mass is 19.4. The van der Waals surface area contributed by atoms with Crippen molar-refractivity contribution >= 4 is 11.8 Å². The van der Waals surface area contributed by atoms with Gasteiger partial charge in [-0.15, -0.1) is 0 Å². The summed E-state index contributed by atoms with van der Waals surface area (Å²) in [6.07, 6.45) is -4.80. The van der Waals surface area contributed by atoms with Crippen molar-refractivity contribution in [1.29, 1.82) is 0 Å². The Bertz CT molecular complexity index is 868. The van der Waals surface area contributed by atoms with E-state index in [2.05, 4.69) is 10.9 Å². The molecule has 6 nitrogen and oxygen atoms in total. The molecule has 2 N–H and O–H groups in total. The molecule has 3 rings (SSSR count). The van der Waals surface area contributed by atoms with Crippen LogP contribution in [-0.4, -0.2) is 25.0 Å². The first-order valence-electron chi connectivity index (χ1n) is 7.98. The number of ether oxygens (including phenoxy) is 2. The number of hydrogen-bond donors (Lipinski definition) is 2. The van der Waals surface area contributed by atoms with Crippen LogP contribution >= 0.6 is 0 Å². The molecule has 2 amide bonds. The van der Waals surface area contributed by atoms with Crippen LogP contribution < -0.4 is 20.3 Å². The third-order valence-electron chi connectivity index (χ3n) is 3.74. The van der Waals surface area contributed by atoms with Gasteiger partial charge >= 0.3 is 6.18 Å². The molecule has 0 fully saturated rings. The van der Waals surface area contributed by atoms with Gasteiger partial charge in [0.25, 0.3) is 5.91 Å². The number of benzene rings is 2. The number of amides is 2. The summed E-state index contributed by atoms with van der Waals surface area (Å²) < 4.78 is 48.8. The van der Waals surface area contributed by atoms with E-state index in [1.165, 1.54) is 24.3 Å². The van der Waals surface area contributed by atoms with Crippen molar-refractivity contribution in [3.05, 3.63) is 59.2 Å². The second kappa shape index (κ2) is 7.56. The van der Waals surface area contributed by atoms with Crippen LogP contribution in [0.4, 0.5) is 13.2 Å². The second-order valence-corrected chi connectivity index (χ2v) is 5.74. The van der Waals surface area contributed by atoms with E-state index in [0.717, 1.165) is 12.1 Å². The molecular formula is C18H15F3N2O4. The van der Waals surface area contributed by atoms with Crippen molar-refractivity contribution < 1.29 is 32.2 Å². The Balaban J connectivity index is 1.57. The average Bonchev–Trinajstić information content (AvgIpc) is 2.65. The van der Waals surface area contributed by atoms with E-state index < -0.39 is 23.6 Å². The fourth-order valence-corrected chi connectivity index (χ4v) is 2.47. The number of fused-ring (bicyclic) bond motifs is 1. The zero-order valence-corrected chi connectivity index (χ0v) is 13.9. The minimum atomic E-state index is -4.49. The van der Waals surface area contributed by atoms with E-state index in [0.29, 0.717) is 24.7 Å². The molecule has 0 atom stereocenters. The van der Waals surface area contributed by atoms with E-state index in [-0.39, 0.29) is 17.5 Å². The highest BCUT2D eigenvalue weighted by molar-refractivity contribution is 5.96. The molecule has 27 heavy (non-hydrogen) atoms. The minimum absolute atomic E-state index is 0.177. The summed E-state index contributed by atoms with van der Waals surface area (Å²) in [7, 11) is 0. The third-order valence-corrected chi connectivity index (χ3v) is 3.74. The van der Waals surface area contributed by atoms with Crippen molar-refractivity contribution in [3.63, 3.8) is 0 Å². The van der Waals surface area contributed by atoms with Crippen LogP contribution in [0.3, 0.4) is 0 Å². The Morgan fingerprint density at radius 3 is 2.44 bits per heavy atom. The van der Waals surface area contributed by atoms with Gasteiger partial charge in [0.1, 0.15) is 13.2 Å². The third kappa shape index (κ3) is 4.69. The normalized spacial score (nSPS) is 13.0. The number of carbonyl (C=O) groups excluding carboxylic acids is 2. The molecular weight excluding hydrogens is 365 g/mol. The van der Waals surface area contributed by atoms with Crippen molar-refractivity contribution in [2.75, 3.05) is 13.2 Å². The maximum absolute atomic E-state index is 12.7. The summed E-state index contributed by atoms with van der Waals surface area (Å²) in [5, 5.41) is 0. The van der Waals surface area contributed by atoms with Crippen LogP contribution in [-0.2, 0) is 17.4 Å². The van der Waals surface area contributed by atoms with Crippen LogP contribution in [0.2, 0.25) is 0 Å². The number of hydrazine groups is 1. The van der Waals surface area contributed by atoms with Gasteiger partial charge in [0.15, 0.2) is 11.5 Å². The van der Waals surface area contributed by atoms with Gasteiger partial charge in [0.05, 0.1) is 12.0 Å². The molecule has 0 saturated carbocycles. The molecule has 0 aromatic heterocycles. The lowest BCUT2D eigenvalue weighted by molar-refractivity contribution is -0.137. The van der Waals surface area contributed by atoms with Gasteiger partial charge in [-0.25, -0.2) is 0 Å². The molecule has 0 radical (unpaired) electrons. The van der Waals surface area contributed by atoms with E-state index >= 15 is 0 Å². The molecule has 0 bridgehead atoms. The Kier molecular flexibility index (Phi) is 5.20. The van der Waals surface area contributed by atoms with Gasteiger partial charge in [0.2, 0.25) is 5.91 Å². The van der Waals surface area contributed by atoms with Gasteiger partial charge < -0.3 is 9.47 Å². The second-order valence-electron chi connectivity index (χ2n) is 5.74. The Hall–Kier alpha value is -3.23. The fraction of sp³-hybridized carbons (Fsp3) is 0.222. The molecule has 1 aliphatic heterocycles. The predicted octanol–water partition coefficient (Wildman–Crippen LogP) is 2.48. The summed E-state index contributed by atoms with van der Waals surface area (Å²) in [5.41, 5.74) is 3.96. The van der Waals surface area contributed by atoms with Crippen molar-refractivity contribution in [3.8, 4) is 11.5 Å². The highest BCUT2D eigenvalue weighted by Gasteiger charge is 2.30. The van der Waals surface area contributed by atoms with Crippen LogP contribution in [0.25, 0.3) is 0 Å². The minimum Gasteiger partial charge on any atom is -0.486 e. The number of nitrogens with one attached hydrogen (secondary N) is 2. The van der Waals surface area contributed by atoms with E-state index in [9.17, 15) is 22.8 Å². The van der Waals surface area contributed by atoms with Gasteiger partial charge in [-0.1, -0.05) is 18.2 Å². The van der Waals surface area contributed by atoms with Gasteiger partial charge in [-0.05, 0) is 29.8 Å². The van der Waals surface area contributed by atoms with Crippen LogP contribution in [0.5, 0.6) is 11.5 Å². The maximum atomic E-state index is 12.7. The van der Waals surface area contributed by atoms with Crippen molar-refractivity contribution in [1.82, 2.24) is 10.9 Å². The van der Waals surface area contributed by atoms with Crippen LogP contribution in [0, 0.1) is 0 Å². The quantitative estimate of drug-likeness (QED) is 0.803. The molecule has 1 aliphatic rings. The maximum Gasteiger partial charge on any atom is 0.416 e. The van der Waals surface area contributed by atoms with E-state index in [1.54, 1.807) is 6.07 Å². The van der Waals surface area contributed by atoms with Crippen molar-refractivity contribution in [2.45, 2.75) is 12.6 Å². The van der Waals surface area contributed by atoms with Gasteiger partial charge in [0, 0.05) is 5.56 Å². The highest BCUT2D eigenvalue weighted by Crippen LogP contribution is 2.31. The zero-order chi connectivity index (χ0) is 19.4. The Morgan fingerprint density at radius 2 is 1.70 bits per heavy atom. The smallest absolute Gasteiger partial charge is 0.416 e. The van der Waals surface area contributed by atoms with Crippen LogP contribution in [0.1, 0.15) is 21.5 Å². The SMILES string of the molecule is O=C(Cc1cccc(C(F)(F)F)c1)NNC(=O)c1ccc2c(c1)OCCO2. The molecule has 0 unspecified atom stereocenters. The number of carbonyl (C=O) groups is 2.